The van der Waals surface area contributed by atoms with Gasteiger partial charge in [0.05, 0.1) is 0 Å². The molecule has 6 saturated carbocycles. The summed E-state index contributed by atoms with van der Waals surface area (Å²) < 4.78 is 0. The molecule has 24 heavy (non-hydrogen) atoms. The topological polar surface area (TPSA) is 0 Å². The Morgan fingerprint density at radius 3 is 1.54 bits per heavy atom. The molecule has 134 valence electrons. The average Bonchev–Trinajstić information content (AvgIpc) is 2.52. The number of fused-ring (bicyclic) bond motifs is 4. The maximum absolute atomic E-state index is 4.16. The van der Waals surface area contributed by atoms with Crippen LogP contribution in [-0.2, 0) is 0 Å². The largest absolute Gasteiger partial charge is 0.150 e. The van der Waals surface area contributed by atoms with Crippen LogP contribution in [-0.4, -0.2) is 6.71 Å². The van der Waals surface area contributed by atoms with E-state index in [1.54, 1.807) is 0 Å². The van der Waals surface area contributed by atoms with Gasteiger partial charge in [-0.05, 0) is 59.2 Å². The third-order valence-corrected chi connectivity index (χ3v) is 10.4. The molecule has 0 amide bonds. The van der Waals surface area contributed by atoms with Gasteiger partial charge < -0.3 is 0 Å². The van der Waals surface area contributed by atoms with Crippen molar-refractivity contribution in [3.05, 3.63) is 12.7 Å². The number of hydrogen-bond acceptors (Lipinski definition) is 0. The summed E-state index contributed by atoms with van der Waals surface area (Å²) in [6.45, 7) is 20.4. The number of rotatable bonds is 4. The highest BCUT2D eigenvalue weighted by atomic mass is 14.6. The Labute approximate surface area is 151 Å². The van der Waals surface area contributed by atoms with E-state index in [4.69, 9.17) is 0 Å². The fraction of sp³-hybridized carbons (Fsp3) is 0.913. The monoisotopic (exact) mass is 326 g/mol. The summed E-state index contributed by atoms with van der Waals surface area (Å²) in [6.07, 6.45) is 9.56. The quantitative estimate of drug-likeness (QED) is 0.393. The van der Waals surface area contributed by atoms with Crippen molar-refractivity contribution < 1.29 is 0 Å². The van der Waals surface area contributed by atoms with Crippen LogP contribution in [0.1, 0.15) is 67.2 Å². The van der Waals surface area contributed by atoms with Crippen molar-refractivity contribution in [1.82, 2.24) is 0 Å². The van der Waals surface area contributed by atoms with Gasteiger partial charge in [0.1, 0.15) is 0 Å². The molecule has 0 unspecified atom stereocenters. The molecule has 6 aliphatic rings. The maximum Gasteiger partial charge on any atom is 0.150 e. The fourth-order valence-corrected chi connectivity index (χ4v) is 8.37. The lowest BCUT2D eigenvalue weighted by atomic mass is 9.20. The smallest absolute Gasteiger partial charge is 0.104 e. The predicted octanol–water partition coefficient (Wildman–Crippen LogP) is 6.81. The van der Waals surface area contributed by atoms with Crippen LogP contribution in [0.25, 0.3) is 0 Å². The van der Waals surface area contributed by atoms with Crippen molar-refractivity contribution in [2.75, 3.05) is 0 Å². The van der Waals surface area contributed by atoms with E-state index in [2.05, 4.69) is 54.2 Å². The van der Waals surface area contributed by atoms with Crippen LogP contribution in [0.3, 0.4) is 0 Å². The molecule has 8 atom stereocenters. The third-order valence-electron chi connectivity index (χ3n) is 10.4. The van der Waals surface area contributed by atoms with Gasteiger partial charge in [-0.25, -0.2) is 0 Å². The molecule has 0 radical (unpaired) electrons. The molecule has 6 rings (SSSR count). The SMILES string of the molecule is C=CCB([C@H]1C[C@H]2C[C@@H]([C@H]1C)C2(C)C)[C@H]1C[C@H]2C[C@@H]([C@H]1C)C2(C)C. The zero-order valence-electron chi connectivity index (χ0n) is 17.0. The second-order valence-electron chi connectivity index (χ2n) is 11.4. The molecule has 0 spiro atoms. The molecule has 0 nitrogen and oxygen atoms in total. The van der Waals surface area contributed by atoms with Crippen molar-refractivity contribution in [2.24, 2.45) is 46.3 Å². The second-order valence-corrected chi connectivity index (χ2v) is 11.4. The van der Waals surface area contributed by atoms with Crippen LogP contribution >= 0.6 is 0 Å². The predicted molar refractivity (Wildman–Crippen MR) is 107 cm³/mol. The lowest BCUT2D eigenvalue weighted by Gasteiger charge is -2.66. The maximum atomic E-state index is 4.16. The Kier molecular flexibility index (Phi) is 3.88. The van der Waals surface area contributed by atoms with Crippen LogP contribution in [0.4, 0.5) is 0 Å². The fourth-order valence-electron chi connectivity index (χ4n) is 8.37. The minimum atomic E-state index is 0.622. The van der Waals surface area contributed by atoms with Crippen LogP contribution < -0.4 is 0 Å². The summed E-state index contributed by atoms with van der Waals surface area (Å²) in [6, 6.07) is 0. The van der Waals surface area contributed by atoms with Gasteiger partial charge in [0, 0.05) is 0 Å². The first-order valence-corrected chi connectivity index (χ1v) is 10.8. The Morgan fingerprint density at radius 2 is 1.25 bits per heavy atom. The van der Waals surface area contributed by atoms with E-state index in [-0.39, 0.29) is 0 Å². The zero-order valence-corrected chi connectivity index (χ0v) is 17.0. The average molecular weight is 326 g/mol. The molecule has 0 aromatic heterocycles. The second kappa shape index (κ2) is 5.40. The third kappa shape index (κ3) is 2.11. The van der Waals surface area contributed by atoms with Crippen LogP contribution in [0.2, 0.25) is 18.0 Å². The van der Waals surface area contributed by atoms with Crippen LogP contribution in [0, 0.1) is 46.3 Å². The normalized spacial score (nSPS) is 50.4. The highest BCUT2D eigenvalue weighted by Gasteiger charge is 2.61. The molecule has 0 aromatic carbocycles. The van der Waals surface area contributed by atoms with Crippen molar-refractivity contribution in [3.63, 3.8) is 0 Å². The van der Waals surface area contributed by atoms with Gasteiger partial charge in [-0.2, -0.15) is 0 Å². The molecule has 0 aliphatic heterocycles. The summed E-state index contributed by atoms with van der Waals surface area (Å²) in [4.78, 5) is 0. The molecular formula is C23H39B. The summed E-state index contributed by atoms with van der Waals surface area (Å²) >= 11 is 0. The van der Waals surface area contributed by atoms with Crippen molar-refractivity contribution >= 4 is 6.71 Å². The van der Waals surface area contributed by atoms with E-state index in [0.717, 1.165) is 53.9 Å². The molecule has 1 heteroatoms. The van der Waals surface area contributed by atoms with E-state index in [1.165, 1.54) is 32.0 Å². The molecule has 0 heterocycles. The number of allylic oxidation sites excluding steroid dienone is 1. The molecule has 6 aliphatic carbocycles. The first-order chi connectivity index (χ1) is 11.2. The van der Waals surface area contributed by atoms with Crippen molar-refractivity contribution in [1.29, 1.82) is 0 Å². The van der Waals surface area contributed by atoms with Gasteiger partial charge >= 0.3 is 0 Å². The highest BCUT2D eigenvalue weighted by molar-refractivity contribution is 6.62. The Hall–Kier alpha value is -0.195. The van der Waals surface area contributed by atoms with E-state index >= 15 is 0 Å². The standard InChI is InChI=1S/C23H39B/c1-8-9-24(20-12-16-10-18(14(20)2)22(16,4)5)21-13-17-11-19(15(21)3)23(17,6)7/h8,14-21H,1,9-13H2,2-7H3/t14-,15-,16-,17-,18+,19+,20+,21+/m1/s1. The van der Waals surface area contributed by atoms with Crippen molar-refractivity contribution in [2.45, 2.75) is 85.2 Å². The van der Waals surface area contributed by atoms with E-state index in [0.29, 0.717) is 10.8 Å². The van der Waals surface area contributed by atoms with Gasteiger partial charge in [-0.1, -0.05) is 78.4 Å². The Bertz CT molecular complexity index is 476. The molecule has 0 saturated heterocycles. The van der Waals surface area contributed by atoms with Gasteiger partial charge in [0.2, 0.25) is 0 Å². The van der Waals surface area contributed by atoms with E-state index < -0.39 is 0 Å². The zero-order chi connectivity index (χ0) is 17.4. The molecule has 6 fully saturated rings. The summed E-state index contributed by atoms with van der Waals surface area (Å²) in [7, 11) is 0. The van der Waals surface area contributed by atoms with Gasteiger partial charge in [0.15, 0.2) is 6.71 Å². The van der Waals surface area contributed by atoms with Gasteiger partial charge in [-0.15, -0.1) is 6.58 Å². The molecule has 0 aromatic rings. The van der Waals surface area contributed by atoms with Crippen LogP contribution in [0.15, 0.2) is 12.7 Å². The summed E-state index contributed by atoms with van der Waals surface area (Å²) in [5, 5.41) is 0. The Balaban J connectivity index is 1.55. The summed E-state index contributed by atoms with van der Waals surface area (Å²) in [5.41, 5.74) is 1.24. The molecule has 4 bridgehead atoms. The van der Waals surface area contributed by atoms with Gasteiger partial charge in [0.25, 0.3) is 0 Å². The van der Waals surface area contributed by atoms with Gasteiger partial charge in [-0.3, -0.25) is 0 Å². The highest BCUT2D eigenvalue weighted by Crippen LogP contribution is 2.69. The Morgan fingerprint density at radius 1 is 0.833 bits per heavy atom. The first-order valence-electron chi connectivity index (χ1n) is 10.8. The molecule has 0 N–H and O–H groups in total. The number of hydrogen-bond donors (Lipinski definition) is 0. The minimum absolute atomic E-state index is 0.622. The van der Waals surface area contributed by atoms with E-state index in [1.807, 2.05) is 0 Å². The lowest BCUT2D eigenvalue weighted by molar-refractivity contribution is -0.107. The van der Waals surface area contributed by atoms with E-state index in [9.17, 15) is 0 Å². The summed E-state index contributed by atoms with van der Waals surface area (Å²) in [5.74, 6) is 7.75. The molecular weight excluding hydrogens is 287 g/mol. The van der Waals surface area contributed by atoms with Crippen LogP contribution in [0.5, 0.6) is 0 Å². The van der Waals surface area contributed by atoms with Crippen molar-refractivity contribution in [3.8, 4) is 0 Å². The first kappa shape index (κ1) is 17.2. The minimum Gasteiger partial charge on any atom is -0.104 e. The lowest BCUT2D eigenvalue weighted by Crippen LogP contribution is -2.59.